The molecule has 2 N–H and O–H groups in total. The number of phenols is 1. The van der Waals surface area contributed by atoms with Crippen LogP contribution in [0.15, 0.2) is 34.7 Å². The van der Waals surface area contributed by atoms with Crippen LogP contribution >= 0.6 is 0 Å². The highest BCUT2D eigenvalue weighted by Gasteiger charge is 2.41. The lowest BCUT2D eigenvalue weighted by Crippen LogP contribution is -2.44. The molecule has 1 amide bonds. The van der Waals surface area contributed by atoms with Gasteiger partial charge < -0.3 is 24.8 Å². The van der Waals surface area contributed by atoms with Crippen LogP contribution in [-0.2, 0) is 14.3 Å². The molecule has 0 saturated carbocycles. The number of morpholine rings is 1. The van der Waals surface area contributed by atoms with E-state index in [0.717, 1.165) is 5.70 Å². The summed E-state index contributed by atoms with van der Waals surface area (Å²) in [4.78, 5) is 39.4. The molecule has 4 rings (SSSR count). The topological polar surface area (TPSA) is 131 Å². The summed E-state index contributed by atoms with van der Waals surface area (Å²) in [7, 11) is 0. The summed E-state index contributed by atoms with van der Waals surface area (Å²) in [6, 6.07) is 2.73. The van der Waals surface area contributed by atoms with E-state index in [9.17, 15) is 24.8 Å². The van der Waals surface area contributed by atoms with Gasteiger partial charge in [0.1, 0.15) is 0 Å². The van der Waals surface area contributed by atoms with E-state index in [1.165, 1.54) is 12.1 Å². The number of ether oxygens (including phenoxy) is 2. The maximum Gasteiger partial charge on any atom is 0.314 e. The number of nitro benzene ring substituents is 1. The van der Waals surface area contributed by atoms with Crippen molar-refractivity contribution in [1.82, 2.24) is 10.2 Å². The van der Waals surface area contributed by atoms with Gasteiger partial charge in [0.2, 0.25) is 5.75 Å². The lowest BCUT2D eigenvalue weighted by Gasteiger charge is -2.37. The average molecular weight is 457 g/mol. The molecule has 0 unspecified atom stereocenters. The zero-order valence-corrected chi connectivity index (χ0v) is 18.7. The number of nitrogens with one attached hydrogen (secondary N) is 1. The lowest BCUT2D eigenvalue weighted by atomic mass is 9.74. The minimum atomic E-state index is -0.803. The molecule has 0 spiro atoms. The molecule has 0 aromatic heterocycles. The number of aromatic hydroxyl groups is 1. The van der Waals surface area contributed by atoms with Gasteiger partial charge in [-0.2, -0.15) is 0 Å². The number of hydrogen-bond donors (Lipinski definition) is 2. The minimum absolute atomic E-state index is 0.0542. The molecule has 0 radical (unpaired) electrons. The first-order chi connectivity index (χ1) is 15.8. The van der Waals surface area contributed by atoms with Crippen LogP contribution in [0, 0.1) is 10.1 Å². The molecule has 33 heavy (non-hydrogen) atoms. The Labute approximate surface area is 191 Å². The minimum Gasteiger partial charge on any atom is -0.500 e. The summed E-state index contributed by atoms with van der Waals surface area (Å²) < 4.78 is 10.8. The van der Waals surface area contributed by atoms with Crippen molar-refractivity contribution in [2.45, 2.75) is 39.0 Å². The van der Waals surface area contributed by atoms with E-state index >= 15 is 0 Å². The summed E-state index contributed by atoms with van der Waals surface area (Å²) in [5.41, 5.74) is 2.00. The molecule has 1 aromatic carbocycles. The van der Waals surface area contributed by atoms with Crippen LogP contribution in [0.1, 0.15) is 44.6 Å². The number of carbonyl (C=O) groups is 2. The molecular formula is C23H27N3O7. The predicted molar refractivity (Wildman–Crippen MR) is 118 cm³/mol. The number of amides is 1. The van der Waals surface area contributed by atoms with Gasteiger partial charge in [0.25, 0.3) is 5.91 Å². The zero-order chi connectivity index (χ0) is 23.7. The van der Waals surface area contributed by atoms with Crippen molar-refractivity contribution in [1.29, 1.82) is 0 Å². The van der Waals surface area contributed by atoms with Crippen molar-refractivity contribution in [3.8, 4) is 11.5 Å². The first-order valence-corrected chi connectivity index (χ1v) is 11.1. The highest BCUT2D eigenvalue weighted by Crippen LogP contribution is 2.47. The van der Waals surface area contributed by atoms with E-state index in [-0.39, 0.29) is 24.0 Å². The van der Waals surface area contributed by atoms with E-state index in [1.807, 2.05) is 0 Å². The highest BCUT2D eigenvalue weighted by molar-refractivity contribution is 6.05. The third-order valence-electron chi connectivity index (χ3n) is 6.21. The van der Waals surface area contributed by atoms with Crippen LogP contribution < -0.4 is 10.1 Å². The smallest absolute Gasteiger partial charge is 0.314 e. The van der Waals surface area contributed by atoms with Gasteiger partial charge in [0.15, 0.2) is 11.5 Å². The highest BCUT2D eigenvalue weighted by atomic mass is 16.6. The lowest BCUT2D eigenvalue weighted by molar-refractivity contribution is -0.386. The fraction of sp³-hybridized carbons (Fsp3) is 0.478. The quantitative estimate of drug-likeness (QED) is 0.509. The predicted octanol–water partition coefficient (Wildman–Crippen LogP) is 2.53. The Morgan fingerprint density at radius 3 is 2.73 bits per heavy atom. The van der Waals surface area contributed by atoms with Crippen molar-refractivity contribution in [2.24, 2.45) is 0 Å². The molecule has 0 bridgehead atoms. The van der Waals surface area contributed by atoms with Gasteiger partial charge in [-0.15, -0.1) is 0 Å². The summed E-state index contributed by atoms with van der Waals surface area (Å²) in [5.74, 6) is -1.77. The summed E-state index contributed by atoms with van der Waals surface area (Å²) in [5, 5.41) is 25.3. The van der Waals surface area contributed by atoms with Gasteiger partial charge in [-0.3, -0.25) is 19.7 Å². The molecule has 1 atom stereocenters. The van der Waals surface area contributed by atoms with Crippen LogP contribution in [0.5, 0.6) is 11.5 Å². The van der Waals surface area contributed by atoms with Gasteiger partial charge in [-0.05, 0) is 38.3 Å². The third-order valence-corrected chi connectivity index (χ3v) is 6.21. The Bertz CT molecular complexity index is 1070. The van der Waals surface area contributed by atoms with Gasteiger partial charge in [0, 0.05) is 54.0 Å². The number of nitrogens with zero attached hydrogens (tertiary/aromatic N) is 2. The number of benzene rings is 1. The molecule has 176 valence electrons. The molecule has 10 heteroatoms. The monoisotopic (exact) mass is 457 g/mol. The van der Waals surface area contributed by atoms with Crippen LogP contribution in [0.4, 0.5) is 5.69 Å². The maximum absolute atomic E-state index is 13.6. The van der Waals surface area contributed by atoms with Crippen LogP contribution in [-0.4, -0.2) is 59.5 Å². The standard InChI is InChI=1S/C23H27N3O7/c1-3-33-18-12-14(11-16(22(18)28)26(30)31)20-19(23(29)25-7-9-32-10-8-25)13(2)24-15-5-4-6-17(27)21(15)20/h11-12,20,24,28H,3-10H2,1-2H3/t20-/m0/s1. The third kappa shape index (κ3) is 4.18. The molecule has 3 aliphatic rings. The second-order valence-corrected chi connectivity index (χ2v) is 8.25. The Hall–Kier alpha value is -3.40. The largest absolute Gasteiger partial charge is 0.500 e. The van der Waals surface area contributed by atoms with E-state index in [1.54, 1.807) is 18.7 Å². The number of ketones is 1. The van der Waals surface area contributed by atoms with E-state index in [4.69, 9.17) is 9.47 Å². The Morgan fingerprint density at radius 1 is 1.33 bits per heavy atom. The van der Waals surface area contributed by atoms with E-state index in [2.05, 4.69) is 5.32 Å². The van der Waals surface area contributed by atoms with Crippen LogP contribution in [0.2, 0.25) is 0 Å². The van der Waals surface area contributed by atoms with Crippen molar-refractivity contribution in [3.63, 3.8) is 0 Å². The number of hydrogen-bond acceptors (Lipinski definition) is 8. The molecule has 1 aliphatic carbocycles. The first kappa shape index (κ1) is 22.8. The molecule has 1 saturated heterocycles. The van der Waals surface area contributed by atoms with Crippen molar-refractivity contribution < 1.29 is 29.1 Å². The molecule has 10 nitrogen and oxygen atoms in total. The molecule has 1 fully saturated rings. The van der Waals surface area contributed by atoms with Crippen molar-refractivity contribution >= 4 is 17.4 Å². The summed E-state index contributed by atoms with van der Waals surface area (Å²) in [6.07, 6.45) is 1.68. The second kappa shape index (κ2) is 9.22. The number of allylic oxidation sites excluding steroid dienone is 3. The number of rotatable bonds is 5. The van der Waals surface area contributed by atoms with Gasteiger partial charge in [-0.25, -0.2) is 0 Å². The van der Waals surface area contributed by atoms with Crippen LogP contribution in [0.25, 0.3) is 0 Å². The number of phenolic OH excluding ortho intramolecular Hbond substituents is 1. The first-order valence-electron chi connectivity index (χ1n) is 11.1. The number of dihydropyridines is 1. The Kier molecular flexibility index (Phi) is 6.37. The normalized spacial score (nSPS) is 21.0. The molecular weight excluding hydrogens is 430 g/mol. The van der Waals surface area contributed by atoms with Gasteiger partial charge in [0.05, 0.1) is 24.7 Å². The average Bonchev–Trinajstić information content (AvgIpc) is 2.80. The zero-order valence-electron chi connectivity index (χ0n) is 18.7. The fourth-order valence-corrected chi connectivity index (χ4v) is 4.72. The van der Waals surface area contributed by atoms with E-state index < -0.39 is 22.3 Å². The number of carbonyl (C=O) groups excluding carboxylic acids is 2. The summed E-state index contributed by atoms with van der Waals surface area (Å²) >= 11 is 0. The molecule has 2 aliphatic heterocycles. The second-order valence-electron chi connectivity index (χ2n) is 8.25. The van der Waals surface area contributed by atoms with Crippen molar-refractivity contribution in [2.75, 3.05) is 32.9 Å². The fourth-order valence-electron chi connectivity index (χ4n) is 4.72. The van der Waals surface area contributed by atoms with Crippen LogP contribution in [0.3, 0.4) is 0 Å². The van der Waals surface area contributed by atoms with Gasteiger partial charge >= 0.3 is 5.69 Å². The Balaban J connectivity index is 1.91. The summed E-state index contributed by atoms with van der Waals surface area (Å²) in [6.45, 7) is 5.34. The number of Topliss-reactive ketones (excluding diaryl/α,β-unsaturated/α-hetero) is 1. The number of nitro groups is 1. The van der Waals surface area contributed by atoms with Gasteiger partial charge in [-0.1, -0.05) is 0 Å². The van der Waals surface area contributed by atoms with Crippen molar-refractivity contribution in [3.05, 3.63) is 50.4 Å². The Morgan fingerprint density at radius 2 is 2.06 bits per heavy atom. The molecule has 1 aromatic rings. The maximum atomic E-state index is 13.6. The SMILES string of the molecule is CCOc1cc([C@H]2C(C(=O)N3CCOCC3)=C(C)NC3=C2C(=O)CCC3)cc([N+](=O)[O-])c1O. The molecule has 2 heterocycles. The van der Waals surface area contributed by atoms with E-state index in [0.29, 0.717) is 68.0 Å².